The Morgan fingerprint density at radius 3 is 2.29 bits per heavy atom. The molecule has 34 heavy (non-hydrogen) atoms. The van der Waals surface area contributed by atoms with Crippen LogP contribution in [0.2, 0.25) is 15.1 Å². The molecule has 1 aliphatic carbocycles. The summed E-state index contributed by atoms with van der Waals surface area (Å²) in [5.41, 5.74) is 0.868. The van der Waals surface area contributed by atoms with Gasteiger partial charge in [-0.1, -0.05) is 53.9 Å². The van der Waals surface area contributed by atoms with Gasteiger partial charge in [0, 0.05) is 21.2 Å². The molecule has 2 heterocycles. The predicted molar refractivity (Wildman–Crippen MR) is 127 cm³/mol. The van der Waals surface area contributed by atoms with Crippen molar-refractivity contribution in [3.05, 3.63) is 63.1 Å². The van der Waals surface area contributed by atoms with E-state index >= 15 is 0 Å². The molecule has 1 aliphatic heterocycles. The number of hydrazone groups is 1. The summed E-state index contributed by atoms with van der Waals surface area (Å²) in [6, 6.07) is 12.2. The summed E-state index contributed by atoms with van der Waals surface area (Å²) < 4.78 is 47.9. The van der Waals surface area contributed by atoms with Crippen molar-refractivity contribution in [3.8, 4) is 16.9 Å². The van der Waals surface area contributed by atoms with E-state index in [9.17, 15) is 13.2 Å². The minimum atomic E-state index is -4.42. The molecule has 1 saturated carbocycles. The van der Waals surface area contributed by atoms with Crippen molar-refractivity contribution in [1.29, 1.82) is 0 Å². The average Bonchev–Trinajstić information content (AvgIpc) is 3.32. The lowest BCUT2D eigenvalue weighted by Crippen LogP contribution is -2.32. The Balaban J connectivity index is 1.67. The molecule has 0 atom stereocenters. The topological polar surface area (TPSA) is 42.6 Å². The Morgan fingerprint density at radius 1 is 1.03 bits per heavy atom. The first-order chi connectivity index (χ1) is 16.1. The summed E-state index contributed by atoms with van der Waals surface area (Å²) in [5.74, 6) is 0.0839. The fraction of sp³-hybridized carbons (Fsp3) is 0.304. The molecular weight excluding hydrogens is 512 g/mol. The van der Waals surface area contributed by atoms with Crippen molar-refractivity contribution < 1.29 is 17.9 Å². The van der Waals surface area contributed by atoms with Crippen LogP contribution in [0.5, 0.6) is 0 Å². The molecule has 0 spiro atoms. The number of ether oxygens (including phenoxy) is 1. The van der Waals surface area contributed by atoms with Gasteiger partial charge in [-0.3, -0.25) is 0 Å². The smallest absolute Gasteiger partial charge is 0.403 e. The van der Waals surface area contributed by atoms with Crippen LogP contribution in [-0.4, -0.2) is 28.6 Å². The molecular formula is C23H18Cl3F3N4O. The molecule has 5 nitrogen and oxygen atoms in total. The molecule has 0 saturated heterocycles. The highest BCUT2D eigenvalue weighted by Crippen LogP contribution is 2.59. The number of nitrogens with zero attached hydrogens (tertiary/aromatic N) is 4. The highest BCUT2D eigenvalue weighted by molar-refractivity contribution is 6.35. The van der Waals surface area contributed by atoms with Crippen LogP contribution in [0, 0.1) is 5.41 Å². The summed E-state index contributed by atoms with van der Waals surface area (Å²) in [6.07, 6.45) is -3.95. The van der Waals surface area contributed by atoms with Gasteiger partial charge in [-0.25, -0.2) is 9.69 Å². The van der Waals surface area contributed by atoms with Crippen molar-refractivity contribution in [3.63, 3.8) is 0 Å². The van der Waals surface area contributed by atoms with E-state index < -0.39 is 11.6 Å². The van der Waals surface area contributed by atoms with Gasteiger partial charge in [0.2, 0.25) is 5.90 Å². The van der Waals surface area contributed by atoms with Gasteiger partial charge in [0.05, 0.1) is 16.4 Å². The fourth-order valence-electron chi connectivity index (χ4n) is 4.08. The zero-order valence-electron chi connectivity index (χ0n) is 17.8. The van der Waals surface area contributed by atoms with Gasteiger partial charge in [-0.2, -0.15) is 13.2 Å². The maximum atomic E-state index is 13.6. The minimum absolute atomic E-state index is 0.0331. The van der Waals surface area contributed by atoms with E-state index in [4.69, 9.17) is 44.6 Å². The first-order valence-electron chi connectivity index (χ1n) is 10.5. The lowest BCUT2D eigenvalue weighted by Gasteiger charge is -2.16. The zero-order chi connectivity index (χ0) is 24.3. The molecule has 0 amide bonds. The third kappa shape index (κ3) is 3.82. The van der Waals surface area contributed by atoms with Crippen LogP contribution in [0.3, 0.4) is 0 Å². The third-order valence-corrected chi connectivity index (χ3v) is 6.84. The number of benzene rings is 2. The highest BCUT2D eigenvalue weighted by Gasteiger charge is 2.69. The lowest BCUT2D eigenvalue weighted by atomic mass is 10.0. The molecule has 0 radical (unpaired) electrons. The van der Waals surface area contributed by atoms with Crippen molar-refractivity contribution in [2.24, 2.45) is 10.5 Å². The normalized spacial score (nSPS) is 17.0. The zero-order valence-corrected chi connectivity index (χ0v) is 20.1. The van der Waals surface area contributed by atoms with Gasteiger partial charge < -0.3 is 4.74 Å². The number of hydrogen-bond donors (Lipinski definition) is 0. The number of aromatic nitrogens is 2. The minimum Gasteiger partial charge on any atom is -0.456 e. The number of alkyl halides is 3. The molecule has 178 valence electrons. The maximum absolute atomic E-state index is 13.6. The van der Waals surface area contributed by atoms with Gasteiger partial charge in [0.15, 0.2) is 12.5 Å². The van der Waals surface area contributed by atoms with E-state index in [1.54, 1.807) is 35.0 Å². The van der Waals surface area contributed by atoms with E-state index in [1.807, 2.05) is 19.1 Å². The second kappa shape index (κ2) is 8.36. The van der Waals surface area contributed by atoms with Gasteiger partial charge in [0.25, 0.3) is 0 Å². The van der Waals surface area contributed by atoms with Crippen molar-refractivity contribution >= 4 is 46.5 Å². The Morgan fingerprint density at radius 2 is 1.71 bits per heavy atom. The van der Waals surface area contributed by atoms with Gasteiger partial charge in [-0.15, -0.1) is 10.2 Å². The van der Waals surface area contributed by atoms with Crippen molar-refractivity contribution in [2.75, 3.05) is 11.7 Å². The SMILES string of the molecule is CCc1c(N2COC(C3(C(F)(F)F)CC3)=N2)nn(-c2ccc(Cl)cc2Cl)c1-c1ccc(Cl)cc1. The van der Waals surface area contributed by atoms with E-state index in [2.05, 4.69) is 5.10 Å². The van der Waals surface area contributed by atoms with Crippen LogP contribution < -0.4 is 5.01 Å². The molecule has 11 heteroatoms. The first kappa shape index (κ1) is 23.3. The molecule has 0 bridgehead atoms. The molecule has 0 unspecified atom stereocenters. The van der Waals surface area contributed by atoms with E-state index in [1.165, 1.54) is 5.01 Å². The molecule has 3 aromatic rings. The average molecular weight is 530 g/mol. The van der Waals surface area contributed by atoms with Crippen LogP contribution in [0.1, 0.15) is 25.3 Å². The standard InChI is InChI=1S/C23H18Cl3F3N4O/c1-2-16-19(13-3-5-14(24)6-4-13)33(18-8-7-15(25)11-17(18)26)30-20(16)32-12-34-21(31-32)22(9-10-22)23(27,28)29/h3-8,11H,2,9-10,12H2,1H3. The highest BCUT2D eigenvalue weighted by atomic mass is 35.5. The van der Waals surface area contributed by atoms with Crippen LogP contribution in [0.4, 0.5) is 19.0 Å². The quantitative estimate of drug-likeness (QED) is 0.343. The second-order valence-electron chi connectivity index (χ2n) is 8.18. The second-order valence-corrected chi connectivity index (χ2v) is 9.46. The Labute approximate surface area is 208 Å². The van der Waals surface area contributed by atoms with Gasteiger partial charge >= 0.3 is 6.18 Å². The molecule has 2 aliphatic rings. The predicted octanol–water partition coefficient (Wildman–Crippen LogP) is 7.51. The van der Waals surface area contributed by atoms with Crippen molar-refractivity contribution in [2.45, 2.75) is 32.4 Å². The number of rotatable bonds is 5. The van der Waals surface area contributed by atoms with Crippen LogP contribution >= 0.6 is 34.8 Å². The van der Waals surface area contributed by atoms with Crippen LogP contribution in [-0.2, 0) is 11.2 Å². The number of halogens is 6. The maximum Gasteiger partial charge on any atom is 0.403 e. The Kier molecular flexibility index (Phi) is 5.73. The van der Waals surface area contributed by atoms with E-state index in [0.29, 0.717) is 33.0 Å². The van der Waals surface area contributed by atoms with Crippen molar-refractivity contribution in [1.82, 2.24) is 9.78 Å². The summed E-state index contributed by atoms with van der Waals surface area (Å²) in [7, 11) is 0. The molecule has 1 fully saturated rings. The van der Waals surface area contributed by atoms with Crippen LogP contribution in [0.15, 0.2) is 47.6 Å². The molecule has 5 rings (SSSR count). The summed E-state index contributed by atoms with van der Waals surface area (Å²) in [6.45, 7) is 1.78. The lowest BCUT2D eigenvalue weighted by molar-refractivity contribution is -0.169. The summed E-state index contributed by atoms with van der Waals surface area (Å²) >= 11 is 18.7. The molecule has 0 N–H and O–H groups in total. The first-order valence-corrected chi connectivity index (χ1v) is 11.7. The Bertz CT molecular complexity index is 1280. The number of hydrogen-bond acceptors (Lipinski definition) is 4. The van der Waals surface area contributed by atoms with Gasteiger partial charge in [0.1, 0.15) is 5.41 Å². The Hall–Kier alpha value is -2.42. The van der Waals surface area contributed by atoms with Crippen LogP contribution in [0.25, 0.3) is 16.9 Å². The fourth-order valence-corrected chi connectivity index (χ4v) is 4.69. The van der Waals surface area contributed by atoms with Gasteiger partial charge in [-0.05, 0) is 49.6 Å². The summed E-state index contributed by atoms with van der Waals surface area (Å²) in [4.78, 5) is 0. The number of anilines is 1. The monoisotopic (exact) mass is 528 g/mol. The molecule has 1 aromatic heterocycles. The van der Waals surface area contributed by atoms with E-state index in [-0.39, 0.29) is 25.5 Å². The molecule has 2 aromatic carbocycles. The summed E-state index contributed by atoms with van der Waals surface area (Å²) in [5, 5.41) is 11.7. The van der Waals surface area contributed by atoms with E-state index in [0.717, 1.165) is 16.8 Å². The third-order valence-electron chi connectivity index (χ3n) is 6.05. The largest absolute Gasteiger partial charge is 0.456 e.